The zero-order valence-electron chi connectivity index (χ0n) is 10.7. The third-order valence-corrected chi connectivity index (χ3v) is 4.51. The Morgan fingerprint density at radius 2 is 1.75 bits per heavy atom. The first-order chi connectivity index (χ1) is 9.45. The smallest absolute Gasteiger partial charge is 0.171 e. The quantitative estimate of drug-likeness (QED) is 0.597. The fourth-order valence-electron chi connectivity index (χ4n) is 1.88. The standard InChI is InChI=1S/C14H9ClF2N2S/c1-6-3-12(20-7(6)2)14-18-11-5-10(17)9(16)4-8(11)13(15)19-14/h3-5H,1-2H3. The fourth-order valence-corrected chi connectivity index (χ4v) is 3.08. The minimum absolute atomic E-state index is 0.118. The normalized spacial score (nSPS) is 11.2. The topological polar surface area (TPSA) is 25.8 Å². The molecular weight excluding hydrogens is 302 g/mol. The monoisotopic (exact) mass is 310 g/mol. The molecule has 1 aromatic carbocycles. The molecule has 0 spiro atoms. The van der Waals surface area contributed by atoms with Crippen LogP contribution >= 0.6 is 22.9 Å². The molecule has 2 aromatic heterocycles. The van der Waals surface area contributed by atoms with Crippen molar-refractivity contribution in [1.82, 2.24) is 9.97 Å². The van der Waals surface area contributed by atoms with Crippen molar-refractivity contribution in [2.75, 3.05) is 0 Å². The second-order valence-electron chi connectivity index (χ2n) is 4.47. The van der Waals surface area contributed by atoms with E-state index in [1.165, 1.54) is 0 Å². The SMILES string of the molecule is Cc1cc(-c2nc(Cl)c3cc(F)c(F)cc3n2)sc1C. The molecule has 0 saturated heterocycles. The van der Waals surface area contributed by atoms with Crippen LogP contribution in [0, 0.1) is 25.5 Å². The van der Waals surface area contributed by atoms with Gasteiger partial charge in [-0.3, -0.25) is 0 Å². The summed E-state index contributed by atoms with van der Waals surface area (Å²) in [5.74, 6) is -1.48. The van der Waals surface area contributed by atoms with Gasteiger partial charge in [0.1, 0.15) is 5.15 Å². The number of benzene rings is 1. The maximum Gasteiger partial charge on any atom is 0.171 e. The zero-order valence-corrected chi connectivity index (χ0v) is 12.2. The second kappa shape index (κ2) is 4.75. The van der Waals surface area contributed by atoms with Crippen LogP contribution in [0.5, 0.6) is 0 Å². The van der Waals surface area contributed by atoms with E-state index in [9.17, 15) is 8.78 Å². The van der Waals surface area contributed by atoms with Gasteiger partial charge in [-0.2, -0.15) is 0 Å². The van der Waals surface area contributed by atoms with E-state index in [1.807, 2.05) is 19.9 Å². The van der Waals surface area contributed by atoms with Gasteiger partial charge in [0, 0.05) is 16.3 Å². The Kier molecular flexibility index (Phi) is 3.18. The van der Waals surface area contributed by atoms with Gasteiger partial charge in [0.2, 0.25) is 0 Å². The van der Waals surface area contributed by atoms with Crippen LogP contribution in [0.3, 0.4) is 0 Å². The highest BCUT2D eigenvalue weighted by atomic mass is 35.5. The van der Waals surface area contributed by atoms with E-state index >= 15 is 0 Å². The molecule has 0 fully saturated rings. The highest BCUT2D eigenvalue weighted by Crippen LogP contribution is 2.31. The van der Waals surface area contributed by atoms with Gasteiger partial charge >= 0.3 is 0 Å². The van der Waals surface area contributed by atoms with Crippen LogP contribution in [0.1, 0.15) is 10.4 Å². The number of aromatic nitrogens is 2. The van der Waals surface area contributed by atoms with Gasteiger partial charge in [0.15, 0.2) is 17.5 Å². The van der Waals surface area contributed by atoms with Crippen molar-refractivity contribution in [2.45, 2.75) is 13.8 Å². The largest absolute Gasteiger partial charge is 0.227 e. The van der Waals surface area contributed by atoms with E-state index in [2.05, 4.69) is 9.97 Å². The predicted octanol–water partition coefficient (Wildman–Crippen LogP) is 4.91. The molecule has 0 aliphatic carbocycles. The van der Waals surface area contributed by atoms with Gasteiger partial charge in [-0.05, 0) is 31.5 Å². The Balaban J connectivity index is 2.26. The Morgan fingerprint density at radius 1 is 1.05 bits per heavy atom. The fraction of sp³-hybridized carbons (Fsp3) is 0.143. The lowest BCUT2D eigenvalue weighted by Crippen LogP contribution is -1.93. The Bertz CT molecular complexity index is 810. The lowest BCUT2D eigenvalue weighted by Gasteiger charge is -2.03. The average Bonchev–Trinajstić information content (AvgIpc) is 2.72. The number of aryl methyl sites for hydroxylation is 2. The molecule has 0 saturated carbocycles. The third-order valence-electron chi connectivity index (χ3n) is 3.08. The molecule has 0 aliphatic rings. The summed E-state index contributed by atoms with van der Waals surface area (Å²) >= 11 is 7.59. The van der Waals surface area contributed by atoms with Gasteiger partial charge in [-0.1, -0.05) is 11.6 Å². The highest BCUT2D eigenvalue weighted by Gasteiger charge is 2.13. The van der Waals surface area contributed by atoms with Crippen molar-refractivity contribution >= 4 is 33.8 Å². The van der Waals surface area contributed by atoms with Crippen LogP contribution in [0.2, 0.25) is 5.15 Å². The molecule has 0 unspecified atom stereocenters. The first-order valence-corrected chi connectivity index (χ1v) is 7.05. The third kappa shape index (κ3) is 2.17. The first kappa shape index (κ1) is 13.4. The van der Waals surface area contributed by atoms with Crippen LogP contribution < -0.4 is 0 Å². The van der Waals surface area contributed by atoms with Crippen molar-refractivity contribution in [1.29, 1.82) is 0 Å². The maximum atomic E-state index is 13.3. The Labute approximate surface area is 123 Å². The van der Waals surface area contributed by atoms with Crippen molar-refractivity contribution in [3.05, 3.63) is 45.4 Å². The van der Waals surface area contributed by atoms with E-state index in [-0.39, 0.29) is 5.15 Å². The highest BCUT2D eigenvalue weighted by molar-refractivity contribution is 7.15. The Morgan fingerprint density at radius 3 is 2.40 bits per heavy atom. The number of nitrogens with zero attached hydrogens (tertiary/aromatic N) is 2. The van der Waals surface area contributed by atoms with E-state index in [4.69, 9.17) is 11.6 Å². The molecule has 0 atom stereocenters. The number of fused-ring (bicyclic) bond motifs is 1. The molecule has 0 radical (unpaired) electrons. The summed E-state index contributed by atoms with van der Waals surface area (Å²) in [5.41, 5.74) is 1.43. The number of rotatable bonds is 1. The number of hydrogen-bond acceptors (Lipinski definition) is 3. The minimum Gasteiger partial charge on any atom is -0.227 e. The average molecular weight is 311 g/mol. The summed E-state index contributed by atoms with van der Waals surface area (Å²) in [7, 11) is 0. The predicted molar refractivity (Wildman–Crippen MR) is 77.3 cm³/mol. The first-order valence-electron chi connectivity index (χ1n) is 5.85. The van der Waals surface area contributed by atoms with Crippen molar-refractivity contribution < 1.29 is 8.78 Å². The van der Waals surface area contributed by atoms with Crippen molar-refractivity contribution in [3.8, 4) is 10.7 Å². The van der Waals surface area contributed by atoms with Gasteiger partial charge in [0.05, 0.1) is 10.4 Å². The summed E-state index contributed by atoms with van der Waals surface area (Å²) in [6.45, 7) is 3.99. The molecular formula is C14H9ClF2N2S. The van der Waals surface area contributed by atoms with E-state index in [1.54, 1.807) is 11.3 Å². The number of thiophene rings is 1. The van der Waals surface area contributed by atoms with E-state index < -0.39 is 11.6 Å². The molecule has 2 nitrogen and oxygen atoms in total. The second-order valence-corrected chi connectivity index (χ2v) is 6.09. The molecule has 3 rings (SSSR count). The summed E-state index contributed by atoms with van der Waals surface area (Å²) in [5, 5.41) is 0.423. The number of halogens is 3. The van der Waals surface area contributed by atoms with Gasteiger partial charge < -0.3 is 0 Å². The number of hydrogen-bond donors (Lipinski definition) is 0. The molecule has 20 heavy (non-hydrogen) atoms. The van der Waals surface area contributed by atoms with Crippen molar-refractivity contribution in [3.63, 3.8) is 0 Å². The molecule has 0 aliphatic heterocycles. The van der Waals surface area contributed by atoms with Crippen LogP contribution in [-0.2, 0) is 0 Å². The summed E-state index contributed by atoms with van der Waals surface area (Å²) in [6, 6.07) is 4.01. The van der Waals surface area contributed by atoms with Gasteiger partial charge in [-0.25, -0.2) is 18.7 Å². The Hall–Kier alpha value is -1.59. The zero-order chi connectivity index (χ0) is 14.4. The van der Waals surface area contributed by atoms with Crippen LogP contribution in [0.25, 0.3) is 21.6 Å². The molecule has 2 heterocycles. The van der Waals surface area contributed by atoms with Crippen LogP contribution in [0.4, 0.5) is 8.78 Å². The maximum absolute atomic E-state index is 13.3. The van der Waals surface area contributed by atoms with Crippen LogP contribution in [-0.4, -0.2) is 9.97 Å². The van der Waals surface area contributed by atoms with E-state index in [0.717, 1.165) is 27.5 Å². The molecule has 0 amide bonds. The molecule has 102 valence electrons. The minimum atomic E-state index is -0.960. The summed E-state index contributed by atoms with van der Waals surface area (Å²) in [6.07, 6.45) is 0. The van der Waals surface area contributed by atoms with Gasteiger partial charge in [-0.15, -0.1) is 11.3 Å². The van der Waals surface area contributed by atoms with Gasteiger partial charge in [0.25, 0.3) is 0 Å². The lowest BCUT2D eigenvalue weighted by atomic mass is 10.2. The molecule has 6 heteroatoms. The molecule has 0 bridgehead atoms. The molecule has 3 aromatic rings. The summed E-state index contributed by atoms with van der Waals surface area (Å²) < 4.78 is 26.5. The molecule has 0 N–H and O–H groups in total. The lowest BCUT2D eigenvalue weighted by molar-refractivity contribution is 0.510. The van der Waals surface area contributed by atoms with Crippen molar-refractivity contribution in [2.24, 2.45) is 0 Å². The van der Waals surface area contributed by atoms with Crippen LogP contribution in [0.15, 0.2) is 18.2 Å². The van der Waals surface area contributed by atoms with E-state index in [0.29, 0.717) is 16.7 Å². The summed E-state index contributed by atoms with van der Waals surface area (Å²) in [4.78, 5) is 10.5.